The Labute approximate surface area is 87.4 Å². The zero-order chi connectivity index (χ0) is 10.8. The van der Waals surface area contributed by atoms with E-state index < -0.39 is 4.92 Å². The van der Waals surface area contributed by atoms with E-state index in [1.54, 1.807) is 4.68 Å². The molecular weight excluding hydrogens is 196 g/mol. The molecule has 0 amide bonds. The number of hydrogen-bond acceptors (Lipinski definition) is 4. The summed E-state index contributed by atoms with van der Waals surface area (Å²) in [6.07, 6.45) is 6.11. The second-order valence-electron chi connectivity index (χ2n) is 3.83. The molecule has 1 saturated carbocycles. The molecule has 1 aromatic rings. The SMILES string of the molecule is CNC1CCCC1n1cc([N+](=O)[O-])cn1. The van der Waals surface area contributed by atoms with Crippen LogP contribution in [-0.4, -0.2) is 27.8 Å². The Morgan fingerprint density at radius 3 is 3.07 bits per heavy atom. The van der Waals surface area contributed by atoms with Gasteiger partial charge in [0, 0.05) is 6.04 Å². The average Bonchev–Trinajstić information content (AvgIpc) is 2.85. The van der Waals surface area contributed by atoms with Crippen LogP contribution in [0.25, 0.3) is 0 Å². The first-order valence-electron chi connectivity index (χ1n) is 5.08. The van der Waals surface area contributed by atoms with E-state index in [4.69, 9.17) is 0 Å². The van der Waals surface area contributed by atoms with Gasteiger partial charge in [0.1, 0.15) is 12.4 Å². The number of aromatic nitrogens is 2. The van der Waals surface area contributed by atoms with E-state index in [1.807, 2.05) is 7.05 Å². The Morgan fingerprint density at radius 2 is 2.47 bits per heavy atom. The first-order valence-corrected chi connectivity index (χ1v) is 5.08. The lowest BCUT2D eigenvalue weighted by molar-refractivity contribution is -0.385. The highest BCUT2D eigenvalue weighted by Crippen LogP contribution is 2.30. The van der Waals surface area contributed by atoms with E-state index in [0.29, 0.717) is 6.04 Å². The first kappa shape index (κ1) is 10.1. The van der Waals surface area contributed by atoms with E-state index in [0.717, 1.165) is 19.3 Å². The standard InChI is InChI=1S/C9H14N4O2/c1-10-8-3-2-4-9(8)12-6-7(5-11-12)13(14)15/h5-6,8-10H,2-4H2,1H3. The van der Waals surface area contributed by atoms with E-state index in [1.165, 1.54) is 12.4 Å². The molecule has 82 valence electrons. The molecule has 1 N–H and O–H groups in total. The molecule has 2 unspecified atom stereocenters. The monoisotopic (exact) mass is 210 g/mol. The Kier molecular flexibility index (Phi) is 2.68. The Bertz CT molecular complexity index is 363. The predicted octanol–water partition coefficient (Wildman–Crippen LogP) is 1.10. The zero-order valence-electron chi connectivity index (χ0n) is 8.59. The molecule has 0 bridgehead atoms. The van der Waals surface area contributed by atoms with Gasteiger partial charge in [0.2, 0.25) is 0 Å². The van der Waals surface area contributed by atoms with Crippen molar-refractivity contribution in [1.82, 2.24) is 15.1 Å². The lowest BCUT2D eigenvalue weighted by Crippen LogP contribution is -2.31. The Hall–Kier alpha value is -1.43. The summed E-state index contributed by atoms with van der Waals surface area (Å²) in [5, 5.41) is 17.8. The van der Waals surface area contributed by atoms with E-state index in [9.17, 15) is 10.1 Å². The number of nitrogens with one attached hydrogen (secondary N) is 1. The van der Waals surface area contributed by atoms with Crippen LogP contribution in [0.2, 0.25) is 0 Å². The van der Waals surface area contributed by atoms with Crippen molar-refractivity contribution in [2.75, 3.05) is 7.05 Å². The highest BCUT2D eigenvalue weighted by molar-refractivity contribution is 5.21. The molecule has 2 atom stereocenters. The van der Waals surface area contributed by atoms with Crippen molar-refractivity contribution in [2.45, 2.75) is 31.3 Å². The van der Waals surface area contributed by atoms with Crippen LogP contribution in [-0.2, 0) is 0 Å². The molecule has 2 rings (SSSR count). The summed E-state index contributed by atoms with van der Waals surface area (Å²) in [5.74, 6) is 0. The second-order valence-corrected chi connectivity index (χ2v) is 3.83. The minimum atomic E-state index is -0.410. The lowest BCUT2D eigenvalue weighted by atomic mass is 10.2. The first-order chi connectivity index (χ1) is 7.22. The van der Waals surface area contributed by atoms with Crippen LogP contribution in [0.3, 0.4) is 0 Å². The predicted molar refractivity (Wildman–Crippen MR) is 54.6 cm³/mol. The number of hydrogen-bond donors (Lipinski definition) is 1. The van der Waals surface area contributed by atoms with Gasteiger partial charge in [-0.05, 0) is 26.3 Å². The van der Waals surface area contributed by atoms with Crippen molar-refractivity contribution in [3.63, 3.8) is 0 Å². The average molecular weight is 210 g/mol. The Morgan fingerprint density at radius 1 is 1.67 bits per heavy atom. The smallest absolute Gasteiger partial charge is 0.307 e. The topological polar surface area (TPSA) is 73.0 Å². The summed E-state index contributed by atoms with van der Waals surface area (Å²) in [4.78, 5) is 10.1. The molecule has 0 spiro atoms. The molecule has 15 heavy (non-hydrogen) atoms. The van der Waals surface area contributed by atoms with Crippen LogP contribution in [0.1, 0.15) is 25.3 Å². The van der Waals surface area contributed by atoms with Crippen molar-refractivity contribution >= 4 is 5.69 Å². The zero-order valence-corrected chi connectivity index (χ0v) is 8.59. The van der Waals surface area contributed by atoms with Crippen molar-refractivity contribution in [1.29, 1.82) is 0 Å². The fraction of sp³-hybridized carbons (Fsp3) is 0.667. The summed E-state index contributed by atoms with van der Waals surface area (Å²) in [6, 6.07) is 0.633. The lowest BCUT2D eigenvalue weighted by Gasteiger charge is -2.18. The minimum Gasteiger partial charge on any atom is -0.315 e. The second kappa shape index (κ2) is 3.98. The number of likely N-dealkylation sites (N-methyl/N-ethyl adjacent to an activating group) is 1. The summed E-state index contributed by atoms with van der Waals surface area (Å²) in [7, 11) is 1.92. The molecule has 1 aromatic heterocycles. The molecule has 1 aliphatic carbocycles. The molecule has 1 aliphatic rings. The van der Waals surface area contributed by atoms with Gasteiger partial charge in [-0.1, -0.05) is 0 Å². The fourth-order valence-corrected chi connectivity index (χ4v) is 2.20. The van der Waals surface area contributed by atoms with Crippen molar-refractivity contribution in [3.05, 3.63) is 22.5 Å². The molecule has 6 nitrogen and oxygen atoms in total. The summed E-state index contributed by atoms with van der Waals surface area (Å²) >= 11 is 0. The maximum atomic E-state index is 10.5. The van der Waals surface area contributed by atoms with Crippen LogP contribution >= 0.6 is 0 Å². The van der Waals surface area contributed by atoms with Gasteiger partial charge >= 0.3 is 5.69 Å². The molecular formula is C9H14N4O2. The number of nitrogens with zero attached hydrogens (tertiary/aromatic N) is 3. The van der Waals surface area contributed by atoms with Gasteiger partial charge in [0.25, 0.3) is 0 Å². The van der Waals surface area contributed by atoms with E-state index in [2.05, 4.69) is 10.4 Å². The third kappa shape index (κ3) is 1.85. The maximum Gasteiger partial charge on any atom is 0.307 e. The third-order valence-electron chi connectivity index (χ3n) is 2.99. The third-order valence-corrected chi connectivity index (χ3v) is 2.99. The van der Waals surface area contributed by atoms with Gasteiger partial charge in [0.15, 0.2) is 0 Å². The molecule has 0 radical (unpaired) electrons. The molecule has 1 heterocycles. The van der Waals surface area contributed by atoms with Crippen LogP contribution < -0.4 is 5.32 Å². The van der Waals surface area contributed by atoms with Crippen LogP contribution in [0, 0.1) is 10.1 Å². The van der Waals surface area contributed by atoms with Gasteiger partial charge in [-0.2, -0.15) is 5.10 Å². The van der Waals surface area contributed by atoms with Crippen molar-refractivity contribution in [3.8, 4) is 0 Å². The van der Waals surface area contributed by atoms with E-state index >= 15 is 0 Å². The normalized spacial score (nSPS) is 25.7. The number of rotatable bonds is 3. The molecule has 1 fully saturated rings. The highest BCUT2D eigenvalue weighted by atomic mass is 16.6. The van der Waals surface area contributed by atoms with Gasteiger partial charge < -0.3 is 5.32 Å². The van der Waals surface area contributed by atoms with Crippen molar-refractivity contribution < 1.29 is 4.92 Å². The number of nitro groups is 1. The fourth-order valence-electron chi connectivity index (χ4n) is 2.20. The molecule has 0 aromatic carbocycles. The molecule has 0 aliphatic heterocycles. The molecule has 6 heteroatoms. The summed E-state index contributed by atoms with van der Waals surface area (Å²) in [6.45, 7) is 0. The minimum absolute atomic E-state index is 0.0664. The van der Waals surface area contributed by atoms with Gasteiger partial charge in [-0.25, -0.2) is 0 Å². The quantitative estimate of drug-likeness (QED) is 0.599. The molecule has 0 saturated heterocycles. The van der Waals surface area contributed by atoms with Crippen LogP contribution in [0.4, 0.5) is 5.69 Å². The van der Waals surface area contributed by atoms with Crippen LogP contribution in [0.15, 0.2) is 12.4 Å². The highest BCUT2D eigenvalue weighted by Gasteiger charge is 2.28. The van der Waals surface area contributed by atoms with E-state index in [-0.39, 0.29) is 11.7 Å². The summed E-state index contributed by atoms with van der Waals surface area (Å²) < 4.78 is 1.71. The Balaban J connectivity index is 2.18. The van der Waals surface area contributed by atoms with Gasteiger partial charge in [-0.15, -0.1) is 0 Å². The summed E-state index contributed by atoms with van der Waals surface area (Å²) in [5.41, 5.74) is 0.0664. The largest absolute Gasteiger partial charge is 0.315 e. The van der Waals surface area contributed by atoms with Crippen molar-refractivity contribution in [2.24, 2.45) is 0 Å². The van der Waals surface area contributed by atoms with Gasteiger partial charge in [-0.3, -0.25) is 14.8 Å². The maximum absolute atomic E-state index is 10.5. The van der Waals surface area contributed by atoms with Crippen LogP contribution in [0.5, 0.6) is 0 Å². The van der Waals surface area contributed by atoms with Gasteiger partial charge in [0.05, 0.1) is 11.0 Å².